The van der Waals surface area contributed by atoms with Gasteiger partial charge in [0.2, 0.25) is 5.91 Å². The number of β-amino-alcohol motifs (C(OH)–C–C–N with tert-alkyl or cyclic N) is 1. The Morgan fingerprint density at radius 1 is 1.53 bits per heavy atom. The number of carbonyl (C=O) groups is 1. The third kappa shape index (κ3) is 3.43. The highest BCUT2D eigenvalue weighted by Crippen LogP contribution is 2.26. The molecule has 1 aromatic rings. The van der Waals surface area contributed by atoms with Crippen LogP contribution in [-0.4, -0.2) is 34.6 Å². The van der Waals surface area contributed by atoms with Crippen LogP contribution in [-0.2, 0) is 4.79 Å². The first-order valence-electron chi connectivity index (χ1n) is 5.69. The Balaban J connectivity index is 1.95. The van der Waals surface area contributed by atoms with E-state index in [0.717, 1.165) is 11.9 Å². The molecule has 8 heteroatoms. The molecular formula is C11H13N3O4S. The van der Waals surface area contributed by atoms with Crippen LogP contribution in [0.25, 0.3) is 0 Å². The fourth-order valence-electron chi connectivity index (χ4n) is 1.79. The summed E-state index contributed by atoms with van der Waals surface area (Å²) >= 11 is 0.909. The molecule has 1 aliphatic heterocycles. The summed E-state index contributed by atoms with van der Waals surface area (Å²) in [5, 5.41) is 23.0. The zero-order chi connectivity index (χ0) is 13.8. The SMILES string of the molecule is O=C(NSc1ccccc1[N+](=O)[O-])[C@@H]1C[C@@H](O)CN1. The second-order valence-corrected chi connectivity index (χ2v) is 4.99. The zero-order valence-corrected chi connectivity index (χ0v) is 10.7. The van der Waals surface area contributed by atoms with Gasteiger partial charge in [-0.3, -0.25) is 19.6 Å². The summed E-state index contributed by atoms with van der Waals surface area (Å²) in [5.74, 6) is -0.292. The molecule has 0 bridgehead atoms. The lowest BCUT2D eigenvalue weighted by Gasteiger charge is -2.10. The van der Waals surface area contributed by atoms with Gasteiger partial charge in [0.15, 0.2) is 0 Å². The molecule has 19 heavy (non-hydrogen) atoms. The van der Waals surface area contributed by atoms with Gasteiger partial charge >= 0.3 is 0 Å². The second kappa shape index (κ2) is 6.00. The summed E-state index contributed by atoms with van der Waals surface area (Å²) in [6.07, 6.45) is -0.171. The van der Waals surface area contributed by atoms with E-state index in [2.05, 4.69) is 10.0 Å². The lowest BCUT2D eigenvalue weighted by Crippen LogP contribution is -2.37. The fourth-order valence-corrected chi connectivity index (χ4v) is 2.53. The first-order valence-corrected chi connectivity index (χ1v) is 6.51. The molecule has 1 saturated heterocycles. The number of hydrogen-bond acceptors (Lipinski definition) is 6. The van der Waals surface area contributed by atoms with E-state index in [1.54, 1.807) is 18.2 Å². The van der Waals surface area contributed by atoms with Crippen molar-refractivity contribution in [3.8, 4) is 0 Å². The Morgan fingerprint density at radius 2 is 2.26 bits per heavy atom. The van der Waals surface area contributed by atoms with Gasteiger partial charge in [-0.15, -0.1) is 0 Å². The van der Waals surface area contributed by atoms with E-state index in [-0.39, 0.29) is 11.6 Å². The highest BCUT2D eigenvalue weighted by molar-refractivity contribution is 7.98. The van der Waals surface area contributed by atoms with Crippen molar-refractivity contribution in [2.75, 3.05) is 6.54 Å². The van der Waals surface area contributed by atoms with Crippen molar-refractivity contribution in [3.05, 3.63) is 34.4 Å². The number of rotatable bonds is 4. The van der Waals surface area contributed by atoms with E-state index in [1.807, 2.05) is 0 Å². The Kier molecular flexibility index (Phi) is 4.35. The number of nitro benzene ring substituents is 1. The fraction of sp³-hybridized carbons (Fsp3) is 0.364. The maximum atomic E-state index is 11.8. The molecule has 102 valence electrons. The standard InChI is InChI=1S/C11H13N3O4S/c15-7-5-8(12-6-7)11(16)13-19-10-4-2-1-3-9(10)14(17)18/h1-4,7-8,12,15H,5-6H2,(H,13,16)/t7-,8+/m1/s1. The number of hydrogen-bond donors (Lipinski definition) is 3. The lowest BCUT2D eigenvalue weighted by atomic mass is 10.2. The van der Waals surface area contributed by atoms with Crippen LogP contribution < -0.4 is 10.0 Å². The predicted molar refractivity (Wildman–Crippen MR) is 69.5 cm³/mol. The van der Waals surface area contributed by atoms with Gasteiger partial charge in [-0.1, -0.05) is 12.1 Å². The van der Waals surface area contributed by atoms with E-state index in [4.69, 9.17) is 0 Å². The van der Waals surface area contributed by atoms with Gasteiger partial charge in [-0.05, 0) is 24.4 Å². The number of amides is 1. The molecule has 0 aromatic heterocycles. The number of nitrogens with one attached hydrogen (secondary N) is 2. The lowest BCUT2D eigenvalue weighted by molar-refractivity contribution is -0.387. The van der Waals surface area contributed by atoms with Crippen molar-refractivity contribution in [2.24, 2.45) is 0 Å². The largest absolute Gasteiger partial charge is 0.392 e. The van der Waals surface area contributed by atoms with Crippen LogP contribution in [0.3, 0.4) is 0 Å². The minimum atomic E-state index is -0.521. The molecule has 1 aromatic carbocycles. The Labute approximate surface area is 113 Å². The summed E-state index contributed by atoms with van der Waals surface area (Å²) in [4.78, 5) is 22.5. The molecule has 7 nitrogen and oxygen atoms in total. The monoisotopic (exact) mass is 283 g/mol. The number of aliphatic hydroxyl groups is 1. The second-order valence-electron chi connectivity index (χ2n) is 4.14. The summed E-state index contributed by atoms with van der Waals surface area (Å²) in [7, 11) is 0. The molecular weight excluding hydrogens is 270 g/mol. The van der Waals surface area contributed by atoms with Gasteiger partial charge in [0.05, 0.1) is 17.1 Å². The molecule has 2 atom stereocenters. The normalized spacial score (nSPS) is 22.2. The van der Waals surface area contributed by atoms with E-state index in [1.165, 1.54) is 6.07 Å². The molecule has 2 rings (SSSR count). The van der Waals surface area contributed by atoms with Crippen molar-refractivity contribution >= 4 is 23.5 Å². The van der Waals surface area contributed by atoms with Crippen molar-refractivity contribution in [1.29, 1.82) is 0 Å². The van der Waals surface area contributed by atoms with Crippen molar-refractivity contribution in [2.45, 2.75) is 23.5 Å². The van der Waals surface area contributed by atoms with Crippen molar-refractivity contribution in [1.82, 2.24) is 10.0 Å². The van der Waals surface area contributed by atoms with Gasteiger partial charge in [-0.25, -0.2) is 0 Å². The average molecular weight is 283 g/mol. The maximum Gasteiger partial charge on any atom is 0.284 e. The molecule has 1 amide bonds. The first-order chi connectivity index (χ1) is 9.08. The Morgan fingerprint density at radius 3 is 2.89 bits per heavy atom. The van der Waals surface area contributed by atoms with Gasteiger partial charge in [0.25, 0.3) is 5.69 Å². The van der Waals surface area contributed by atoms with Gasteiger partial charge in [-0.2, -0.15) is 0 Å². The molecule has 0 saturated carbocycles. The van der Waals surface area contributed by atoms with Crippen LogP contribution in [0.5, 0.6) is 0 Å². The molecule has 0 radical (unpaired) electrons. The number of aliphatic hydroxyl groups excluding tert-OH is 1. The molecule has 1 aliphatic rings. The highest BCUT2D eigenvalue weighted by Gasteiger charge is 2.28. The molecule has 1 fully saturated rings. The van der Waals surface area contributed by atoms with Gasteiger partial charge < -0.3 is 10.4 Å². The van der Waals surface area contributed by atoms with Crippen molar-refractivity contribution in [3.63, 3.8) is 0 Å². The van der Waals surface area contributed by atoms with Crippen LogP contribution in [0.15, 0.2) is 29.2 Å². The number of nitro groups is 1. The van der Waals surface area contributed by atoms with Crippen LogP contribution in [0.1, 0.15) is 6.42 Å². The number of nitrogens with zero attached hydrogens (tertiary/aromatic N) is 1. The molecule has 0 unspecified atom stereocenters. The number of para-hydroxylation sites is 1. The van der Waals surface area contributed by atoms with Crippen LogP contribution in [0, 0.1) is 10.1 Å². The predicted octanol–water partition coefficient (Wildman–Crippen LogP) is 0.441. The minimum Gasteiger partial charge on any atom is -0.392 e. The maximum absolute atomic E-state index is 11.8. The summed E-state index contributed by atoms with van der Waals surface area (Å²) < 4.78 is 2.56. The van der Waals surface area contributed by atoms with Gasteiger partial charge in [0, 0.05) is 12.6 Å². The first kappa shape index (κ1) is 13.8. The van der Waals surface area contributed by atoms with E-state index < -0.39 is 17.1 Å². The summed E-state index contributed by atoms with van der Waals surface area (Å²) in [6, 6.07) is 5.73. The summed E-state index contributed by atoms with van der Waals surface area (Å²) in [6.45, 7) is 0.383. The minimum absolute atomic E-state index is 0.0489. The Hall–Kier alpha value is -1.64. The van der Waals surface area contributed by atoms with E-state index in [9.17, 15) is 20.0 Å². The van der Waals surface area contributed by atoms with Crippen LogP contribution >= 0.6 is 11.9 Å². The van der Waals surface area contributed by atoms with E-state index >= 15 is 0 Å². The molecule has 0 aliphatic carbocycles. The Bertz CT molecular complexity index is 497. The third-order valence-corrected chi connectivity index (χ3v) is 3.62. The zero-order valence-electron chi connectivity index (χ0n) is 9.91. The van der Waals surface area contributed by atoms with Crippen molar-refractivity contribution < 1.29 is 14.8 Å². The van der Waals surface area contributed by atoms with Crippen LogP contribution in [0.4, 0.5) is 5.69 Å². The van der Waals surface area contributed by atoms with Gasteiger partial charge in [0.1, 0.15) is 4.90 Å². The topological polar surface area (TPSA) is 104 Å². The molecule has 0 spiro atoms. The quantitative estimate of drug-likeness (QED) is 0.421. The molecule has 3 N–H and O–H groups in total. The molecule has 1 heterocycles. The van der Waals surface area contributed by atoms with E-state index in [0.29, 0.717) is 17.9 Å². The third-order valence-electron chi connectivity index (χ3n) is 2.75. The van der Waals surface area contributed by atoms with Crippen LogP contribution in [0.2, 0.25) is 0 Å². The summed E-state index contributed by atoms with van der Waals surface area (Å²) in [5.41, 5.74) is -0.0489. The smallest absolute Gasteiger partial charge is 0.284 e. The number of benzene rings is 1. The number of carbonyl (C=O) groups excluding carboxylic acids is 1. The average Bonchev–Trinajstić information content (AvgIpc) is 2.83. The highest BCUT2D eigenvalue weighted by atomic mass is 32.2.